The fraction of sp³-hybridized carbons (Fsp3) is 0.591. The van der Waals surface area contributed by atoms with Gasteiger partial charge in [-0.05, 0) is 43.4 Å². The minimum atomic E-state index is 0.00343. The van der Waals surface area contributed by atoms with Crippen LogP contribution in [-0.4, -0.2) is 44.9 Å². The third-order valence-electron chi connectivity index (χ3n) is 6.45. The summed E-state index contributed by atoms with van der Waals surface area (Å²) in [6, 6.07) is 10.4. The first-order chi connectivity index (χ1) is 13.7. The molecule has 2 fully saturated rings. The summed E-state index contributed by atoms with van der Waals surface area (Å²) in [7, 11) is 2.03. The van der Waals surface area contributed by atoms with Crippen LogP contribution in [0.3, 0.4) is 0 Å². The number of nitrogens with zero attached hydrogens (tertiary/aromatic N) is 4. The Bertz CT molecular complexity index is 800. The number of amides is 1. The molecule has 1 amide bonds. The van der Waals surface area contributed by atoms with Crippen molar-refractivity contribution in [2.45, 2.75) is 55.5 Å². The highest BCUT2D eigenvalue weighted by atomic mass is 32.2. The summed E-state index contributed by atoms with van der Waals surface area (Å²) in [6.07, 6.45) is 8.97. The zero-order valence-corrected chi connectivity index (χ0v) is 17.7. The van der Waals surface area contributed by atoms with Crippen LogP contribution in [0, 0.1) is 5.92 Å². The molecular formula is C22H30N4OS. The zero-order chi connectivity index (χ0) is 19.5. The van der Waals surface area contributed by atoms with Gasteiger partial charge in [-0.3, -0.25) is 4.79 Å². The second kappa shape index (κ2) is 8.68. The van der Waals surface area contributed by atoms with E-state index in [0.29, 0.717) is 11.8 Å². The molecule has 2 aliphatic rings. The number of hydrogen-bond donors (Lipinski definition) is 0. The average molecular weight is 399 g/mol. The Labute approximate surface area is 171 Å². The van der Waals surface area contributed by atoms with Crippen LogP contribution in [0.1, 0.15) is 61.7 Å². The Kier molecular flexibility index (Phi) is 6.04. The summed E-state index contributed by atoms with van der Waals surface area (Å²) in [5.41, 5.74) is 1.19. The molecule has 1 aliphatic carbocycles. The van der Waals surface area contributed by atoms with E-state index in [9.17, 15) is 4.79 Å². The standard InChI is InChI=1S/C22H30N4OS/c1-25-20(23-24-22(25)28-2)18-13-8-14-26(15-18)21(27)19(17-11-6-7-12-17)16-9-4-3-5-10-16/h3-5,9-10,17-19H,6-8,11-15H2,1-2H3/t18-,19-/m1/s1. The number of hydrogen-bond acceptors (Lipinski definition) is 4. The Balaban J connectivity index is 1.55. The Morgan fingerprint density at radius 3 is 2.54 bits per heavy atom. The van der Waals surface area contributed by atoms with E-state index in [1.165, 1.54) is 31.2 Å². The minimum Gasteiger partial charge on any atom is -0.341 e. The molecule has 0 radical (unpaired) electrons. The quantitative estimate of drug-likeness (QED) is 0.708. The molecule has 6 heteroatoms. The molecule has 0 spiro atoms. The summed E-state index contributed by atoms with van der Waals surface area (Å²) in [4.78, 5) is 15.8. The summed E-state index contributed by atoms with van der Waals surface area (Å²) in [5.74, 6) is 2.09. The number of thioether (sulfide) groups is 1. The fourth-order valence-corrected chi connectivity index (χ4v) is 5.50. The zero-order valence-electron chi connectivity index (χ0n) is 16.9. The molecule has 0 N–H and O–H groups in total. The van der Waals surface area contributed by atoms with Crippen LogP contribution < -0.4 is 0 Å². The van der Waals surface area contributed by atoms with Gasteiger partial charge in [-0.25, -0.2) is 0 Å². The Hall–Kier alpha value is -1.82. The van der Waals surface area contributed by atoms with Crippen LogP contribution in [0.2, 0.25) is 0 Å². The maximum absolute atomic E-state index is 13.7. The van der Waals surface area contributed by atoms with E-state index in [0.717, 1.165) is 36.9 Å². The van der Waals surface area contributed by atoms with E-state index >= 15 is 0 Å². The number of rotatable bonds is 5. The molecule has 0 bridgehead atoms. The maximum atomic E-state index is 13.7. The van der Waals surface area contributed by atoms with Gasteiger partial charge in [0, 0.05) is 26.1 Å². The number of aromatic nitrogens is 3. The molecule has 2 aromatic rings. The molecular weight excluding hydrogens is 368 g/mol. The highest BCUT2D eigenvalue weighted by Gasteiger charge is 2.37. The van der Waals surface area contributed by atoms with Gasteiger partial charge < -0.3 is 9.47 Å². The van der Waals surface area contributed by atoms with Crippen molar-refractivity contribution in [2.75, 3.05) is 19.3 Å². The molecule has 2 heterocycles. The van der Waals surface area contributed by atoms with Crippen molar-refractivity contribution in [3.63, 3.8) is 0 Å². The number of carbonyl (C=O) groups is 1. The third-order valence-corrected chi connectivity index (χ3v) is 7.17. The van der Waals surface area contributed by atoms with Gasteiger partial charge in [0.25, 0.3) is 0 Å². The van der Waals surface area contributed by atoms with Crippen LogP contribution in [-0.2, 0) is 11.8 Å². The van der Waals surface area contributed by atoms with Crippen molar-refractivity contribution in [1.29, 1.82) is 0 Å². The van der Waals surface area contributed by atoms with Crippen molar-refractivity contribution in [3.8, 4) is 0 Å². The van der Waals surface area contributed by atoms with E-state index in [1.807, 2.05) is 19.4 Å². The predicted octanol–water partition coefficient (Wildman–Crippen LogP) is 4.22. The second-order valence-corrected chi connectivity index (χ2v) is 8.93. The van der Waals surface area contributed by atoms with Gasteiger partial charge in [-0.2, -0.15) is 0 Å². The van der Waals surface area contributed by atoms with Crippen molar-refractivity contribution >= 4 is 17.7 Å². The van der Waals surface area contributed by atoms with Gasteiger partial charge in [-0.15, -0.1) is 10.2 Å². The van der Waals surface area contributed by atoms with Gasteiger partial charge >= 0.3 is 0 Å². The van der Waals surface area contributed by atoms with Crippen LogP contribution in [0.15, 0.2) is 35.5 Å². The molecule has 1 saturated heterocycles. The summed E-state index contributed by atoms with van der Waals surface area (Å²) in [5, 5.41) is 9.67. The van der Waals surface area contributed by atoms with E-state index in [2.05, 4.69) is 43.9 Å². The first kappa shape index (κ1) is 19.5. The lowest BCUT2D eigenvalue weighted by Crippen LogP contribution is -2.43. The number of likely N-dealkylation sites (tertiary alicyclic amines) is 1. The number of carbonyl (C=O) groups excluding carboxylic acids is 1. The monoisotopic (exact) mass is 398 g/mol. The van der Waals surface area contributed by atoms with Crippen LogP contribution in [0.4, 0.5) is 0 Å². The molecule has 1 aromatic heterocycles. The largest absolute Gasteiger partial charge is 0.341 e. The predicted molar refractivity (Wildman–Crippen MR) is 112 cm³/mol. The molecule has 28 heavy (non-hydrogen) atoms. The van der Waals surface area contributed by atoms with Crippen molar-refractivity contribution in [3.05, 3.63) is 41.7 Å². The molecule has 150 valence electrons. The molecule has 4 rings (SSSR count). The third kappa shape index (κ3) is 3.84. The highest BCUT2D eigenvalue weighted by molar-refractivity contribution is 7.98. The smallest absolute Gasteiger partial charge is 0.230 e. The molecule has 1 aromatic carbocycles. The lowest BCUT2D eigenvalue weighted by molar-refractivity contribution is -0.135. The molecule has 5 nitrogen and oxygen atoms in total. The Morgan fingerprint density at radius 1 is 1.11 bits per heavy atom. The topological polar surface area (TPSA) is 51.0 Å². The highest BCUT2D eigenvalue weighted by Crippen LogP contribution is 2.39. The van der Waals surface area contributed by atoms with E-state index < -0.39 is 0 Å². The molecule has 2 atom stereocenters. The first-order valence-corrected chi connectivity index (χ1v) is 11.7. The van der Waals surface area contributed by atoms with Crippen molar-refractivity contribution in [1.82, 2.24) is 19.7 Å². The maximum Gasteiger partial charge on any atom is 0.230 e. The van der Waals surface area contributed by atoms with Gasteiger partial charge in [-0.1, -0.05) is 54.9 Å². The minimum absolute atomic E-state index is 0.00343. The lowest BCUT2D eigenvalue weighted by Gasteiger charge is -2.36. The summed E-state index contributed by atoms with van der Waals surface area (Å²) >= 11 is 1.62. The fourth-order valence-electron chi connectivity index (χ4n) is 5.01. The Morgan fingerprint density at radius 2 is 1.86 bits per heavy atom. The SMILES string of the molecule is CSc1nnc([C@@H]2CCCN(C(=O)[C@H](c3ccccc3)C3CCCC3)C2)n1C. The van der Waals surface area contributed by atoms with Crippen LogP contribution in [0.25, 0.3) is 0 Å². The van der Waals surface area contributed by atoms with Crippen LogP contribution >= 0.6 is 11.8 Å². The van der Waals surface area contributed by atoms with Crippen molar-refractivity contribution < 1.29 is 4.79 Å². The summed E-state index contributed by atoms with van der Waals surface area (Å²) in [6.45, 7) is 1.62. The van der Waals surface area contributed by atoms with Gasteiger partial charge in [0.05, 0.1) is 5.92 Å². The van der Waals surface area contributed by atoms with E-state index in [1.54, 1.807) is 11.8 Å². The normalized spacial score (nSPS) is 21.8. The molecule has 0 unspecified atom stereocenters. The van der Waals surface area contributed by atoms with E-state index in [-0.39, 0.29) is 11.8 Å². The van der Waals surface area contributed by atoms with Gasteiger partial charge in [0.2, 0.25) is 5.91 Å². The van der Waals surface area contributed by atoms with Gasteiger partial charge in [0.15, 0.2) is 5.16 Å². The average Bonchev–Trinajstić information content (AvgIpc) is 3.39. The number of piperidine rings is 1. The van der Waals surface area contributed by atoms with E-state index in [4.69, 9.17) is 0 Å². The molecule has 1 aliphatic heterocycles. The second-order valence-electron chi connectivity index (χ2n) is 8.16. The first-order valence-electron chi connectivity index (χ1n) is 10.5. The summed E-state index contributed by atoms with van der Waals surface area (Å²) < 4.78 is 2.09. The molecule has 1 saturated carbocycles. The number of benzene rings is 1. The lowest BCUT2D eigenvalue weighted by atomic mass is 9.83. The van der Waals surface area contributed by atoms with Gasteiger partial charge in [0.1, 0.15) is 5.82 Å². The van der Waals surface area contributed by atoms with Crippen LogP contribution in [0.5, 0.6) is 0 Å². The van der Waals surface area contributed by atoms with Crippen molar-refractivity contribution in [2.24, 2.45) is 13.0 Å².